The van der Waals surface area contributed by atoms with Crippen LogP contribution in [0.1, 0.15) is 12.8 Å². The second-order valence-corrected chi connectivity index (χ2v) is 6.94. The van der Waals surface area contributed by atoms with Crippen molar-refractivity contribution in [2.75, 3.05) is 33.4 Å². The second-order valence-electron chi connectivity index (χ2n) is 5.03. The molecule has 1 unspecified atom stereocenters. The maximum absolute atomic E-state index is 12.8. The summed E-state index contributed by atoms with van der Waals surface area (Å²) in [4.78, 5) is 0.138. The predicted molar refractivity (Wildman–Crippen MR) is 79.9 cm³/mol. The fourth-order valence-electron chi connectivity index (χ4n) is 2.55. The van der Waals surface area contributed by atoms with Gasteiger partial charge in [0.2, 0.25) is 10.0 Å². The smallest absolute Gasteiger partial charge is 0.246 e. The molecule has 0 amide bonds. The lowest BCUT2D eigenvalue weighted by atomic mass is 10.2. The van der Waals surface area contributed by atoms with Gasteiger partial charge in [-0.05, 0) is 31.5 Å². The summed E-state index contributed by atoms with van der Waals surface area (Å²) in [6.45, 7) is 1.15. The lowest BCUT2D eigenvalue weighted by molar-refractivity contribution is 0.246. The molecular weight excluding hydrogens is 292 g/mol. The Morgan fingerprint density at radius 3 is 2.81 bits per heavy atom. The van der Waals surface area contributed by atoms with Crippen LogP contribution in [0, 0.1) is 0 Å². The van der Waals surface area contributed by atoms with Crippen LogP contribution in [0.25, 0.3) is 0 Å². The van der Waals surface area contributed by atoms with Crippen LogP contribution < -0.4 is 10.1 Å². The van der Waals surface area contributed by atoms with Crippen molar-refractivity contribution in [2.45, 2.75) is 23.8 Å². The molecule has 7 heteroatoms. The van der Waals surface area contributed by atoms with Crippen molar-refractivity contribution in [3.63, 3.8) is 0 Å². The molecule has 1 fully saturated rings. The van der Waals surface area contributed by atoms with Crippen LogP contribution in [0.5, 0.6) is 5.75 Å². The number of benzene rings is 1. The Bertz CT molecular complexity index is 556. The Labute approximate surface area is 125 Å². The number of para-hydroxylation sites is 1. The lowest BCUT2D eigenvalue weighted by Crippen LogP contribution is -2.42. The van der Waals surface area contributed by atoms with Crippen LogP contribution in [0.15, 0.2) is 29.2 Å². The Balaban J connectivity index is 2.27. The van der Waals surface area contributed by atoms with E-state index >= 15 is 0 Å². The maximum Gasteiger partial charge on any atom is 0.246 e. The van der Waals surface area contributed by atoms with Gasteiger partial charge in [-0.1, -0.05) is 12.1 Å². The molecular formula is C14H22N2O4S. The molecule has 0 aromatic heterocycles. The maximum atomic E-state index is 12.8. The Kier molecular flexibility index (Phi) is 5.58. The van der Waals surface area contributed by atoms with Crippen LogP contribution in [0.4, 0.5) is 0 Å². The number of ether oxygens (including phenoxy) is 1. The van der Waals surface area contributed by atoms with Crippen molar-refractivity contribution in [3.8, 4) is 5.75 Å². The first-order chi connectivity index (χ1) is 10.1. The van der Waals surface area contributed by atoms with Crippen LogP contribution in [-0.4, -0.2) is 57.2 Å². The second kappa shape index (κ2) is 7.22. The molecule has 0 saturated carbocycles. The van der Waals surface area contributed by atoms with E-state index in [9.17, 15) is 13.5 Å². The number of aliphatic hydroxyl groups is 1. The summed E-state index contributed by atoms with van der Waals surface area (Å²) in [5, 5.41) is 12.5. The largest absolute Gasteiger partial charge is 0.495 e. The van der Waals surface area contributed by atoms with E-state index in [4.69, 9.17) is 4.74 Å². The van der Waals surface area contributed by atoms with Crippen molar-refractivity contribution in [1.29, 1.82) is 0 Å². The molecule has 0 bridgehead atoms. The molecule has 0 aliphatic carbocycles. The number of methoxy groups -OCH3 is 1. The van der Waals surface area contributed by atoms with E-state index in [1.54, 1.807) is 18.2 Å². The molecule has 6 nitrogen and oxygen atoms in total. The quantitative estimate of drug-likeness (QED) is 0.763. The minimum Gasteiger partial charge on any atom is -0.495 e. The molecule has 1 aromatic carbocycles. The number of rotatable bonds is 7. The SMILES string of the molecule is COc1ccccc1S(=O)(=O)N(CCO)CC1CCCN1. The van der Waals surface area contributed by atoms with Crippen molar-refractivity contribution in [3.05, 3.63) is 24.3 Å². The summed E-state index contributed by atoms with van der Waals surface area (Å²) >= 11 is 0. The van der Waals surface area contributed by atoms with Gasteiger partial charge >= 0.3 is 0 Å². The molecule has 21 heavy (non-hydrogen) atoms. The summed E-state index contributed by atoms with van der Waals surface area (Å²) in [6.07, 6.45) is 2.00. The molecule has 0 spiro atoms. The minimum absolute atomic E-state index is 0.0819. The molecule has 1 aliphatic heterocycles. The molecule has 1 aromatic rings. The summed E-state index contributed by atoms with van der Waals surface area (Å²) in [5.74, 6) is 0.319. The van der Waals surface area contributed by atoms with Crippen molar-refractivity contribution < 1.29 is 18.3 Å². The fourth-order valence-corrected chi connectivity index (χ4v) is 4.18. The Morgan fingerprint density at radius 2 is 2.19 bits per heavy atom. The van der Waals surface area contributed by atoms with Gasteiger partial charge < -0.3 is 15.2 Å². The molecule has 118 valence electrons. The number of aliphatic hydroxyl groups excluding tert-OH is 1. The third kappa shape index (κ3) is 3.74. The normalized spacial score (nSPS) is 19.1. The average Bonchev–Trinajstić information content (AvgIpc) is 3.00. The topological polar surface area (TPSA) is 78.9 Å². The van der Waals surface area contributed by atoms with E-state index in [0.29, 0.717) is 12.3 Å². The first-order valence-corrected chi connectivity index (χ1v) is 8.51. The van der Waals surface area contributed by atoms with Gasteiger partial charge in [0.1, 0.15) is 10.6 Å². The predicted octanol–water partition coefficient (Wildman–Crippen LogP) is 0.430. The van der Waals surface area contributed by atoms with Gasteiger partial charge in [0.25, 0.3) is 0 Å². The van der Waals surface area contributed by atoms with Gasteiger partial charge in [-0.2, -0.15) is 4.31 Å². The molecule has 1 atom stereocenters. The van der Waals surface area contributed by atoms with E-state index in [-0.39, 0.29) is 24.1 Å². The highest BCUT2D eigenvalue weighted by Gasteiger charge is 2.30. The molecule has 2 rings (SSSR count). The highest BCUT2D eigenvalue weighted by atomic mass is 32.2. The van der Waals surface area contributed by atoms with Crippen LogP contribution in [0.3, 0.4) is 0 Å². The van der Waals surface area contributed by atoms with Gasteiger partial charge in [0.15, 0.2) is 0 Å². The Morgan fingerprint density at radius 1 is 1.43 bits per heavy atom. The molecule has 1 aliphatic rings. The zero-order valence-electron chi connectivity index (χ0n) is 12.2. The van der Waals surface area contributed by atoms with Gasteiger partial charge in [0, 0.05) is 19.1 Å². The number of hydrogen-bond donors (Lipinski definition) is 2. The number of hydrogen-bond acceptors (Lipinski definition) is 5. The minimum atomic E-state index is -3.69. The lowest BCUT2D eigenvalue weighted by Gasteiger charge is -2.25. The summed E-state index contributed by atoms with van der Waals surface area (Å²) < 4.78 is 32.1. The van der Waals surface area contributed by atoms with Gasteiger partial charge in [0.05, 0.1) is 13.7 Å². The third-order valence-electron chi connectivity index (χ3n) is 3.62. The van der Waals surface area contributed by atoms with Crippen LogP contribution >= 0.6 is 0 Å². The van der Waals surface area contributed by atoms with E-state index in [1.165, 1.54) is 17.5 Å². The van der Waals surface area contributed by atoms with Crippen LogP contribution in [0.2, 0.25) is 0 Å². The van der Waals surface area contributed by atoms with E-state index in [1.807, 2.05) is 0 Å². The van der Waals surface area contributed by atoms with Crippen molar-refractivity contribution >= 4 is 10.0 Å². The van der Waals surface area contributed by atoms with Crippen LogP contribution in [-0.2, 0) is 10.0 Å². The molecule has 1 heterocycles. The number of sulfonamides is 1. The monoisotopic (exact) mass is 314 g/mol. The van der Waals surface area contributed by atoms with Crippen molar-refractivity contribution in [2.24, 2.45) is 0 Å². The van der Waals surface area contributed by atoms with E-state index in [0.717, 1.165) is 19.4 Å². The zero-order valence-corrected chi connectivity index (χ0v) is 13.0. The highest BCUT2D eigenvalue weighted by Crippen LogP contribution is 2.26. The Hall–Kier alpha value is -1.15. The number of nitrogens with one attached hydrogen (secondary N) is 1. The van der Waals surface area contributed by atoms with Gasteiger partial charge in [-0.25, -0.2) is 8.42 Å². The van der Waals surface area contributed by atoms with E-state index in [2.05, 4.69) is 5.32 Å². The summed E-state index contributed by atoms with van der Waals surface area (Å²) in [5.41, 5.74) is 0. The first-order valence-electron chi connectivity index (χ1n) is 7.07. The average molecular weight is 314 g/mol. The molecule has 2 N–H and O–H groups in total. The third-order valence-corrected chi connectivity index (χ3v) is 5.53. The van der Waals surface area contributed by atoms with Gasteiger partial charge in [-0.15, -0.1) is 0 Å². The molecule has 0 radical (unpaired) electrons. The highest BCUT2D eigenvalue weighted by molar-refractivity contribution is 7.89. The molecule has 1 saturated heterocycles. The van der Waals surface area contributed by atoms with Crippen molar-refractivity contribution in [1.82, 2.24) is 9.62 Å². The van der Waals surface area contributed by atoms with E-state index < -0.39 is 10.0 Å². The first kappa shape index (κ1) is 16.2. The summed E-state index contributed by atoms with van der Waals surface area (Å²) in [6, 6.07) is 6.69. The zero-order chi connectivity index (χ0) is 15.3. The standard InChI is InChI=1S/C14H22N2O4S/c1-20-13-6-2-3-7-14(13)21(18,19)16(9-10-17)11-12-5-4-8-15-12/h2-3,6-7,12,15,17H,4-5,8-11H2,1H3. The fraction of sp³-hybridized carbons (Fsp3) is 0.571. The number of nitrogens with zero attached hydrogens (tertiary/aromatic N) is 1. The summed E-state index contributed by atoms with van der Waals surface area (Å²) in [7, 11) is -2.24. The van der Waals surface area contributed by atoms with Gasteiger partial charge in [-0.3, -0.25) is 0 Å².